The Morgan fingerprint density at radius 3 is 1.40 bits per heavy atom. The van der Waals surface area contributed by atoms with Crippen molar-refractivity contribution in [3.63, 3.8) is 0 Å². The van der Waals surface area contributed by atoms with Crippen LogP contribution < -0.4 is 0 Å². The van der Waals surface area contributed by atoms with Gasteiger partial charge in [-0.05, 0) is 0 Å². The second kappa shape index (κ2) is 108. The van der Waals surface area contributed by atoms with Gasteiger partial charge in [-0.1, -0.05) is 0 Å². The van der Waals surface area contributed by atoms with Gasteiger partial charge in [-0.3, -0.25) is 6.58 Å². The van der Waals surface area contributed by atoms with E-state index in [1.807, 2.05) is 0 Å². The fourth-order valence-corrected chi connectivity index (χ4v) is 0. The van der Waals surface area contributed by atoms with Crippen LogP contribution in [0.15, 0.2) is 6.58 Å². The molecule has 0 radical (unpaired) electrons. The average Bonchev–Trinajstić information content (AvgIpc) is 1.50. The van der Waals surface area contributed by atoms with Crippen molar-refractivity contribution < 1.29 is 32.7 Å². The van der Waals surface area contributed by atoms with Crippen LogP contribution in [-0.2, 0) is 32.7 Å². The van der Waals surface area contributed by atoms with Crippen molar-refractivity contribution >= 4 is 0 Å². The summed E-state index contributed by atoms with van der Waals surface area (Å²) in [5.41, 5.74) is 5.75. The van der Waals surface area contributed by atoms with Crippen LogP contribution >= 0.6 is 0 Å². The molecule has 26 valence electrons. The van der Waals surface area contributed by atoms with Crippen molar-refractivity contribution in [2.24, 2.45) is 0 Å². The molecule has 0 aromatic rings. The van der Waals surface area contributed by atoms with Crippen LogP contribution in [0.4, 0.5) is 0 Å². The topological polar surface area (TPSA) is 23.8 Å². The number of nitrogens with one attached hydrogen (secondary N) is 1. The first-order valence-electron chi connectivity index (χ1n) is 0.908. The Bertz CT molecular complexity index is 6.85. The molecule has 0 spiro atoms. The Morgan fingerprint density at radius 1 is 1.40 bits per heavy atom. The number of hydrogen-bond donors (Lipinski definition) is 0. The van der Waals surface area contributed by atoms with Crippen molar-refractivity contribution in [1.82, 2.24) is 0 Å². The van der Waals surface area contributed by atoms with Crippen molar-refractivity contribution in [1.29, 1.82) is 0 Å². The van der Waals surface area contributed by atoms with Gasteiger partial charge in [-0.2, -0.15) is 7.05 Å². The van der Waals surface area contributed by atoms with Crippen LogP contribution in [0.3, 0.4) is 0 Å². The quantitative estimate of drug-likeness (QED) is 0.459. The van der Waals surface area contributed by atoms with Crippen LogP contribution in [0.25, 0.3) is 5.73 Å². The zero-order valence-corrected chi connectivity index (χ0v) is 6.20. The molecule has 0 rings (SSSR count). The predicted molar refractivity (Wildman–Crippen MR) is 20.2 cm³/mol. The van der Waals surface area contributed by atoms with Crippen molar-refractivity contribution in [2.75, 3.05) is 7.05 Å². The summed E-state index contributed by atoms with van der Waals surface area (Å²) in [7, 11) is 1.25. The maximum absolute atomic E-state index is 5.75. The molecule has 0 aliphatic rings. The van der Waals surface area contributed by atoms with Gasteiger partial charge in [0.1, 0.15) is 0 Å². The van der Waals surface area contributed by atoms with E-state index in [-0.39, 0.29) is 32.7 Å². The molecule has 1 N–H and O–H groups in total. The van der Waals surface area contributed by atoms with E-state index >= 15 is 0 Å². The van der Waals surface area contributed by atoms with E-state index in [9.17, 15) is 0 Å². The summed E-state index contributed by atoms with van der Waals surface area (Å²) >= 11 is 0. The molecule has 0 amide bonds. The van der Waals surface area contributed by atoms with E-state index < -0.39 is 0 Å². The Labute approximate surface area is 58.5 Å². The van der Waals surface area contributed by atoms with Crippen molar-refractivity contribution in [3.05, 3.63) is 18.9 Å². The van der Waals surface area contributed by atoms with Crippen LogP contribution in [-0.4, -0.2) is 7.05 Å². The third-order valence-electron chi connectivity index (χ3n) is 0. The monoisotopic (exact) mass is 146 g/mol. The summed E-state index contributed by atoms with van der Waals surface area (Å²) in [5.74, 6) is 0. The van der Waals surface area contributed by atoms with Gasteiger partial charge in [0.25, 0.3) is 0 Å². The molecule has 5 heavy (non-hydrogen) atoms. The van der Waals surface area contributed by atoms with Crippen LogP contribution in [0.5, 0.6) is 0 Å². The molecule has 0 aromatic carbocycles. The molecule has 0 aliphatic carbocycles. The van der Waals surface area contributed by atoms with Gasteiger partial charge in [0.15, 0.2) is 0 Å². The van der Waals surface area contributed by atoms with E-state index in [0.29, 0.717) is 0 Å². The van der Waals surface area contributed by atoms with E-state index in [1.165, 1.54) is 7.05 Å². The van der Waals surface area contributed by atoms with Crippen molar-refractivity contribution in [3.8, 4) is 0 Å². The Kier molecular flexibility index (Phi) is 366. The van der Waals surface area contributed by atoms with Gasteiger partial charge in [0, 0.05) is 0 Å². The van der Waals surface area contributed by atoms with E-state index in [0.717, 1.165) is 0 Å². The summed E-state index contributed by atoms with van der Waals surface area (Å²) in [6.07, 6.45) is 0. The first kappa shape index (κ1) is 17.0. The molecule has 0 unspecified atom stereocenters. The molecule has 0 bridgehead atoms. The fourth-order valence-electron chi connectivity index (χ4n) is 0. The van der Waals surface area contributed by atoms with Crippen LogP contribution in [0, 0.1) is 6.58 Å². The molecule has 0 aromatic heterocycles. The molecule has 2 heteroatoms. The minimum Gasteiger partial charge on any atom is -0.680 e. The molecule has 0 aliphatic heterocycles. The van der Waals surface area contributed by atoms with E-state index in [2.05, 4.69) is 13.2 Å². The largest absolute Gasteiger partial charge is 3.00 e. The summed E-state index contributed by atoms with van der Waals surface area (Å²) in [6.45, 7) is 7.00. The molecule has 0 atom stereocenters. The fraction of sp³-hybridized carbons (Fsp3) is 0.333. The second-order valence-corrected chi connectivity index (χ2v) is 0. The second-order valence-electron chi connectivity index (χ2n) is 0. The molecule has 0 fully saturated rings. The Morgan fingerprint density at radius 2 is 1.40 bits per heavy atom. The SMILES string of the molecule is C[NH-].[CH-]=C.[Y+3]. The maximum atomic E-state index is 5.75. The van der Waals surface area contributed by atoms with E-state index in [4.69, 9.17) is 5.73 Å². The first-order chi connectivity index (χ1) is 2.00. The van der Waals surface area contributed by atoms with Gasteiger partial charge < -0.3 is 12.3 Å². The third-order valence-corrected chi connectivity index (χ3v) is 0. The normalized spacial score (nSPS) is 2.00. The molecular formula is C3H7NY+. The van der Waals surface area contributed by atoms with Gasteiger partial charge in [0.05, 0.1) is 0 Å². The first-order valence-corrected chi connectivity index (χ1v) is 0.908. The molecule has 0 saturated carbocycles. The summed E-state index contributed by atoms with van der Waals surface area (Å²) in [5, 5.41) is 0. The summed E-state index contributed by atoms with van der Waals surface area (Å²) < 4.78 is 0. The van der Waals surface area contributed by atoms with Gasteiger partial charge in [-0.25, -0.2) is 0 Å². The third kappa shape index (κ3) is 58.4. The van der Waals surface area contributed by atoms with Crippen LogP contribution in [0.1, 0.15) is 0 Å². The molecular weight excluding hydrogens is 139 g/mol. The zero-order chi connectivity index (χ0) is 4.00. The van der Waals surface area contributed by atoms with Gasteiger partial charge >= 0.3 is 32.7 Å². The summed E-state index contributed by atoms with van der Waals surface area (Å²) in [4.78, 5) is 0. The van der Waals surface area contributed by atoms with Gasteiger partial charge in [0.2, 0.25) is 0 Å². The molecule has 1 nitrogen and oxygen atoms in total. The zero-order valence-electron chi connectivity index (χ0n) is 3.36. The van der Waals surface area contributed by atoms with Crippen LogP contribution in [0.2, 0.25) is 0 Å². The average molecular weight is 146 g/mol. The number of rotatable bonds is 0. The minimum atomic E-state index is 0. The van der Waals surface area contributed by atoms with Gasteiger partial charge in [-0.15, -0.1) is 0 Å². The molecule has 0 heterocycles. The number of hydrogen-bond acceptors (Lipinski definition) is 0. The Balaban J connectivity index is -0.0000000133. The molecule has 0 saturated heterocycles. The predicted octanol–water partition coefficient (Wildman–Crippen LogP) is 1.27. The minimum absolute atomic E-state index is 0. The smallest absolute Gasteiger partial charge is 0.680 e. The maximum Gasteiger partial charge on any atom is 3.00 e. The Hall–Kier alpha value is 0.804. The standard InChI is InChI=1S/C2H3.CH4N.Y/c2*1-2;/h1H,2H2;2H,1H3;/q2*-1;+3. The van der Waals surface area contributed by atoms with Crippen molar-refractivity contribution in [2.45, 2.75) is 0 Å². The summed E-state index contributed by atoms with van der Waals surface area (Å²) in [6, 6.07) is 0. The van der Waals surface area contributed by atoms with E-state index in [1.54, 1.807) is 0 Å².